The molecule has 6 nitrogen and oxygen atoms in total. The molecule has 20 heavy (non-hydrogen) atoms. The lowest BCUT2D eigenvalue weighted by atomic mass is 10.2. The Hall–Kier alpha value is -1.60. The SMILES string of the molecule is C=C(C)CN(CC)S(=O)(=O)c1c(C)[nH]c(C(=O)O)c1C. The van der Waals surface area contributed by atoms with Crippen LogP contribution in [-0.4, -0.2) is 41.9 Å². The molecule has 0 radical (unpaired) electrons. The van der Waals surface area contributed by atoms with E-state index >= 15 is 0 Å². The number of likely N-dealkylation sites (N-methyl/N-ethyl adjacent to an activating group) is 1. The summed E-state index contributed by atoms with van der Waals surface area (Å²) < 4.78 is 26.6. The fourth-order valence-electron chi connectivity index (χ4n) is 2.13. The van der Waals surface area contributed by atoms with Gasteiger partial charge in [-0.25, -0.2) is 13.2 Å². The highest BCUT2D eigenvalue weighted by molar-refractivity contribution is 7.89. The minimum absolute atomic E-state index is 0.0398. The van der Waals surface area contributed by atoms with Crippen LogP contribution in [0.2, 0.25) is 0 Å². The van der Waals surface area contributed by atoms with Crippen LogP contribution < -0.4 is 0 Å². The topological polar surface area (TPSA) is 90.5 Å². The van der Waals surface area contributed by atoms with Crippen molar-refractivity contribution in [1.29, 1.82) is 0 Å². The second-order valence-electron chi connectivity index (χ2n) is 4.77. The third kappa shape index (κ3) is 2.94. The lowest BCUT2D eigenvalue weighted by molar-refractivity contribution is 0.0690. The lowest BCUT2D eigenvalue weighted by Crippen LogP contribution is -2.32. The van der Waals surface area contributed by atoms with E-state index < -0.39 is 16.0 Å². The number of sulfonamides is 1. The molecule has 0 saturated heterocycles. The molecule has 112 valence electrons. The van der Waals surface area contributed by atoms with Gasteiger partial charge in [-0.1, -0.05) is 19.1 Å². The number of rotatable bonds is 6. The number of carboxylic acids is 1. The highest BCUT2D eigenvalue weighted by Gasteiger charge is 2.30. The number of carbonyl (C=O) groups is 1. The molecule has 0 bridgehead atoms. The van der Waals surface area contributed by atoms with Crippen LogP contribution in [-0.2, 0) is 10.0 Å². The predicted molar refractivity (Wildman–Crippen MR) is 76.5 cm³/mol. The van der Waals surface area contributed by atoms with Gasteiger partial charge in [0.25, 0.3) is 0 Å². The molecule has 0 atom stereocenters. The number of nitrogens with one attached hydrogen (secondary N) is 1. The van der Waals surface area contributed by atoms with E-state index in [9.17, 15) is 13.2 Å². The average Bonchev–Trinajstić information content (AvgIpc) is 2.61. The van der Waals surface area contributed by atoms with Gasteiger partial charge in [0.05, 0.1) is 0 Å². The van der Waals surface area contributed by atoms with Crippen molar-refractivity contribution in [2.75, 3.05) is 13.1 Å². The zero-order valence-corrected chi connectivity index (χ0v) is 13.0. The zero-order chi connectivity index (χ0) is 15.7. The third-order valence-corrected chi connectivity index (χ3v) is 5.17. The first-order chi connectivity index (χ1) is 9.12. The van der Waals surface area contributed by atoms with Crippen LogP contribution in [0.5, 0.6) is 0 Å². The van der Waals surface area contributed by atoms with E-state index in [1.54, 1.807) is 20.8 Å². The summed E-state index contributed by atoms with van der Waals surface area (Å²) in [5, 5.41) is 9.06. The van der Waals surface area contributed by atoms with Gasteiger partial charge in [-0.3, -0.25) is 0 Å². The van der Waals surface area contributed by atoms with E-state index in [0.29, 0.717) is 12.2 Å². The van der Waals surface area contributed by atoms with Gasteiger partial charge in [-0.2, -0.15) is 4.31 Å². The maximum absolute atomic E-state index is 12.6. The van der Waals surface area contributed by atoms with E-state index in [1.165, 1.54) is 11.2 Å². The van der Waals surface area contributed by atoms with Crippen LogP contribution in [0.25, 0.3) is 0 Å². The molecule has 0 aromatic carbocycles. The van der Waals surface area contributed by atoms with Crippen molar-refractivity contribution >= 4 is 16.0 Å². The third-order valence-electron chi connectivity index (χ3n) is 2.98. The quantitative estimate of drug-likeness (QED) is 0.785. The normalized spacial score (nSPS) is 11.8. The minimum atomic E-state index is -3.74. The Labute approximate surface area is 119 Å². The van der Waals surface area contributed by atoms with Crippen molar-refractivity contribution in [3.8, 4) is 0 Å². The number of H-pyrrole nitrogens is 1. The Kier molecular flexibility index (Phi) is 4.77. The highest BCUT2D eigenvalue weighted by atomic mass is 32.2. The van der Waals surface area contributed by atoms with Crippen molar-refractivity contribution in [2.45, 2.75) is 32.6 Å². The Balaban J connectivity index is 3.42. The maximum Gasteiger partial charge on any atom is 0.352 e. The molecular weight excluding hydrogens is 280 g/mol. The first-order valence-electron chi connectivity index (χ1n) is 6.19. The van der Waals surface area contributed by atoms with Crippen LogP contribution in [0.3, 0.4) is 0 Å². The van der Waals surface area contributed by atoms with E-state index in [-0.39, 0.29) is 22.7 Å². The van der Waals surface area contributed by atoms with Crippen molar-refractivity contribution in [3.63, 3.8) is 0 Å². The molecule has 2 N–H and O–H groups in total. The number of hydrogen-bond donors (Lipinski definition) is 2. The minimum Gasteiger partial charge on any atom is -0.477 e. The van der Waals surface area contributed by atoms with Crippen molar-refractivity contribution < 1.29 is 18.3 Å². The molecule has 1 aromatic heterocycles. The molecule has 0 aliphatic carbocycles. The molecule has 0 aliphatic rings. The van der Waals surface area contributed by atoms with Crippen LogP contribution in [0.1, 0.15) is 35.6 Å². The molecule has 0 saturated carbocycles. The highest BCUT2D eigenvalue weighted by Crippen LogP contribution is 2.26. The van der Waals surface area contributed by atoms with Gasteiger partial charge >= 0.3 is 5.97 Å². The standard InChI is InChI=1S/C13H20N2O4S/c1-6-15(7-8(2)3)20(18,19)12-9(4)11(13(16)17)14-10(12)5/h14H,2,6-7H2,1,3-5H3,(H,16,17). The summed E-state index contributed by atoms with van der Waals surface area (Å²) in [6, 6.07) is 0. The number of aryl methyl sites for hydroxylation is 1. The summed E-state index contributed by atoms with van der Waals surface area (Å²) >= 11 is 0. The van der Waals surface area contributed by atoms with Gasteiger partial charge in [-0.05, 0) is 20.8 Å². The lowest BCUT2D eigenvalue weighted by Gasteiger charge is -2.21. The predicted octanol–water partition coefficient (Wildman–Crippen LogP) is 1.92. The Morgan fingerprint density at radius 3 is 2.30 bits per heavy atom. The molecule has 1 heterocycles. The molecular formula is C13H20N2O4S. The molecule has 0 aliphatic heterocycles. The van der Waals surface area contributed by atoms with Gasteiger partial charge in [0, 0.05) is 24.3 Å². The number of aromatic amines is 1. The Bertz CT molecular complexity index is 644. The van der Waals surface area contributed by atoms with E-state index in [0.717, 1.165) is 5.57 Å². The van der Waals surface area contributed by atoms with Gasteiger partial charge in [-0.15, -0.1) is 0 Å². The summed E-state index contributed by atoms with van der Waals surface area (Å²) in [6.07, 6.45) is 0. The van der Waals surface area contributed by atoms with Crippen LogP contribution >= 0.6 is 0 Å². The molecule has 7 heteroatoms. The summed E-state index contributed by atoms with van der Waals surface area (Å²) in [7, 11) is -3.74. The zero-order valence-electron chi connectivity index (χ0n) is 12.1. The molecule has 1 rings (SSSR count). The van der Waals surface area contributed by atoms with Crippen LogP contribution in [0.4, 0.5) is 0 Å². The molecule has 0 amide bonds. The average molecular weight is 300 g/mol. The monoisotopic (exact) mass is 300 g/mol. The first-order valence-corrected chi connectivity index (χ1v) is 7.63. The largest absolute Gasteiger partial charge is 0.477 e. The number of carboxylic acid groups (broad SMARTS) is 1. The maximum atomic E-state index is 12.6. The van der Waals surface area contributed by atoms with Gasteiger partial charge < -0.3 is 10.1 Å². The Morgan fingerprint density at radius 2 is 1.95 bits per heavy atom. The van der Waals surface area contributed by atoms with Gasteiger partial charge in [0.1, 0.15) is 10.6 Å². The van der Waals surface area contributed by atoms with Gasteiger partial charge in [0.15, 0.2) is 0 Å². The first kappa shape index (κ1) is 16.5. The second-order valence-corrected chi connectivity index (χ2v) is 6.65. The van der Waals surface area contributed by atoms with E-state index in [4.69, 9.17) is 5.11 Å². The summed E-state index contributed by atoms with van der Waals surface area (Å²) in [5.74, 6) is -1.17. The van der Waals surface area contributed by atoms with E-state index in [2.05, 4.69) is 11.6 Å². The van der Waals surface area contributed by atoms with Crippen molar-refractivity contribution in [2.24, 2.45) is 0 Å². The molecule has 0 spiro atoms. The summed E-state index contributed by atoms with van der Waals surface area (Å²) in [4.78, 5) is 13.7. The van der Waals surface area contributed by atoms with Gasteiger partial charge in [0.2, 0.25) is 10.0 Å². The molecule has 0 unspecified atom stereocenters. The van der Waals surface area contributed by atoms with Crippen molar-refractivity contribution in [1.82, 2.24) is 9.29 Å². The number of hydrogen-bond acceptors (Lipinski definition) is 3. The fourth-order valence-corrected chi connectivity index (χ4v) is 4.05. The smallest absolute Gasteiger partial charge is 0.352 e. The fraction of sp³-hybridized carbons (Fsp3) is 0.462. The van der Waals surface area contributed by atoms with Crippen molar-refractivity contribution in [3.05, 3.63) is 29.1 Å². The molecule has 1 aromatic rings. The van der Waals surface area contributed by atoms with Crippen LogP contribution in [0, 0.1) is 13.8 Å². The van der Waals surface area contributed by atoms with E-state index in [1.807, 2.05) is 0 Å². The Morgan fingerprint density at radius 1 is 1.40 bits per heavy atom. The van der Waals surface area contributed by atoms with Crippen LogP contribution in [0.15, 0.2) is 17.0 Å². The second kappa shape index (κ2) is 5.80. The number of nitrogens with zero attached hydrogens (tertiary/aromatic N) is 1. The number of aromatic nitrogens is 1. The molecule has 0 fully saturated rings. The number of aromatic carboxylic acids is 1. The summed E-state index contributed by atoms with van der Waals surface area (Å²) in [6.45, 7) is 10.8. The summed E-state index contributed by atoms with van der Waals surface area (Å²) in [5.41, 5.74) is 1.20.